The molecule has 1 aromatic carbocycles. The molecule has 0 saturated carbocycles. The number of benzene rings is 1. The zero-order chi connectivity index (χ0) is 14.9. The van der Waals surface area contributed by atoms with Crippen molar-refractivity contribution in [2.24, 2.45) is 0 Å². The number of hydrogen-bond acceptors (Lipinski definition) is 3. The first-order valence-corrected chi connectivity index (χ1v) is 7.46. The number of aromatic amines is 1. The highest BCUT2D eigenvalue weighted by Crippen LogP contribution is 2.29. The second-order valence-corrected chi connectivity index (χ2v) is 6.05. The van der Waals surface area contributed by atoms with E-state index in [9.17, 15) is 4.79 Å². The lowest BCUT2D eigenvalue weighted by Gasteiger charge is -2.12. The zero-order valence-corrected chi connectivity index (χ0v) is 14.1. The molecular weight excluding hydrogens is 367 g/mol. The molecule has 0 aliphatic carbocycles. The minimum Gasteiger partial charge on any atom is -0.496 e. The van der Waals surface area contributed by atoms with E-state index < -0.39 is 0 Å². The Labute approximate surface area is 131 Å². The Bertz CT molecular complexity index is 693. The van der Waals surface area contributed by atoms with Crippen LogP contribution in [0.3, 0.4) is 0 Å². The predicted molar refractivity (Wildman–Crippen MR) is 88.4 cm³/mol. The summed E-state index contributed by atoms with van der Waals surface area (Å²) in [5.41, 5.74) is 2.60. The van der Waals surface area contributed by atoms with Gasteiger partial charge in [0.05, 0.1) is 21.9 Å². The molecule has 106 valence electrons. The lowest BCUT2D eigenvalue weighted by molar-refractivity contribution is 0.416. The lowest BCUT2D eigenvalue weighted by atomic mass is 10.1. The van der Waals surface area contributed by atoms with Gasteiger partial charge in [-0.3, -0.25) is 4.79 Å². The van der Waals surface area contributed by atoms with Crippen molar-refractivity contribution in [3.05, 3.63) is 43.4 Å². The molecule has 5 heteroatoms. The number of aromatic nitrogens is 2. The first-order valence-electron chi connectivity index (χ1n) is 6.38. The average molecular weight is 384 g/mol. The van der Waals surface area contributed by atoms with Crippen molar-refractivity contribution in [1.29, 1.82) is 0 Å². The Morgan fingerprint density at radius 2 is 2.05 bits per heavy atom. The van der Waals surface area contributed by atoms with E-state index in [1.165, 1.54) is 0 Å². The number of aryl methyl sites for hydroxylation is 1. The van der Waals surface area contributed by atoms with Gasteiger partial charge in [0.1, 0.15) is 11.6 Å². The number of methoxy groups -OCH3 is 1. The summed E-state index contributed by atoms with van der Waals surface area (Å²) in [5.74, 6) is 1.46. The van der Waals surface area contributed by atoms with E-state index in [1.54, 1.807) is 7.11 Å². The maximum atomic E-state index is 12.1. The molecule has 2 aromatic rings. The molecule has 0 amide bonds. The highest BCUT2D eigenvalue weighted by Gasteiger charge is 2.15. The minimum atomic E-state index is -0.109. The first-order chi connectivity index (χ1) is 9.43. The highest BCUT2D eigenvalue weighted by atomic mass is 127. The van der Waals surface area contributed by atoms with E-state index in [1.807, 2.05) is 61.6 Å². The van der Waals surface area contributed by atoms with Gasteiger partial charge in [0.25, 0.3) is 5.56 Å². The smallest absolute Gasteiger partial charge is 0.264 e. The van der Waals surface area contributed by atoms with Gasteiger partial charge in [-0.25, -0.2) is 4.98 Å². The normalized spacial score (nSPS) is 10.9. The molecule has 0 bridgehead atoms. The summed E-state index contributed by atoms with van der Waals surface area (Å²) in [5, 5.41) is 0. The Kier molecular flexibility index (Phi) is 4.47. The summed E-state index contributed by atoms with van der Waals surface area (Å²) in [6, 6.07) is 5.83. The topological polar surface area (TPSA) is 55.0 Å². The maximum absolute atomic E-state index is 12.1. The van der Waals surface area contributed by atoms with Crippen LogP contribution in [0.1, 0.15) is 31.0 Å². The fourth-order valence-electron chi connectivity index (χ4n) is 1.98. The number of halogens is 1. The largest absolute Gasteiger partial charge is 0.496 e. The lowest BCUT2D eigenvalue weighted by Crippen LogP contribution is -2.17. The monoisotopic (exact) mass is 384 g/mol. The van der Waals surface area contributed by atoms with E-state index in [0.29, 0.717) is 15.1 Å². The van der Waals surface area contributed by atoms with Crippen molar-refractivity contribution in [2.75, 3.05) is 7.11 Å². The molecule has 0 spiro atoms. The van der Waals surface area contributed by atoms with Crippen LogP contribution in [0, 0.1) is 10.5 Å². The van der Waals surface area contributed by atoms with E-state index in [4.69, 9.17) is 4.74 Å². The third-order valence-corrected chi connectivity index (χ3v) is 4.09. The number of nitrogens with zero attached hydrogens (tertiary/aromatic N) is 1. The molecule has 1 N–H and O–H groups in total. The Hall–Kier alpha value is -1.37. The summed E-state index contributed by atoms with van der Waals surface area (Å²) >= 11 is 2.04. The van der Waals surface area contributed by atoms with E-state index in [2.05, 4.69) is 9.97 Å². The maximum Gasteiger partial charge on any atom is 0.264 e. The van der Waals surface area contributed by atoms with Gasteiger partial charge in [-0.1, -0.05) is 19.9 Å². The molecule has 20 heavy (non-hydrogen) atoms. The molecule has 0 saturated heterocycles. The zero-order valence-electron chi connectivity index (χ0n) is 12.0. The third-order valence-electron chi connectivity index (χ3n) is 3.05. The number of ether oxygens (including phenoxy) is 1. The Morgan fingerprint density at radius 1 is 1.35 bits per heavy atom. The molecule has 1 aromatic heterocycles. The number of hydrogen-bond donors (Lipinski definition) is 1. The molecular formula is C15H17IN2O2. The summed E-state index contributed by atoms with van der Waals surface area (Å²) in [4.78, 5) is 19.5. The quantitative estimate of drug-likeness (QED) is 0.825. The fourth-order valence-corrected chi connectivity index (χ4v) is 2.86. The molecule has 2 rings (SSSR count). The van der Waals surface area contributed by atoms with E-state index >= 15 is 0 Å². The van der Waals surface area contributed by atoms with Crippen LogP contribution in [-0.2, 0) is 0 Å². The molecule has 1 heterocycles. The van der Waals surface area contributed by atoms with Crippen molar-refractivity contribution < 1.29 is 4.74 Å². The fraction of sp³-hybridized carbons (Fsp3) is 0.333. The molecule has 0 aliphatic rings. The van der Waals surface area contributed by atoms with E-state index in [0.717, 1.165) is 16.8 Å². The van der Waals surface area contributed by atoms with Crippen LogP contribution >= 0.6 is 22.6 Å². The summed E-state index contributed by atoms with van der Waals surface area (Å²) in [6.45, 7) is 6.05. The number of H-pyrrole nitrogens is 1. The second kappa shape index (κ2) is 5.95. The van der Waals surface area contributed by atoms with Crippen molar-refractivity contribution in [3.63, 3.8) is 0 Å². The van der Waals surface area contributed by atoms with Crippen molar-refractivity contribution in [1.82, 2.24) is 9.97 Å². The molecule has 0 atom stereocenters. The molecule has 0 aliphatic heterocycles. The van der Waals surface area contributed by atoms with Crippen LogP contribution < -0.4 is 10.3 Å². The van der Waals surface area contributed by atoms with Gasteiger partial charge in [-0.05, 0) is 53.1 Å². The van der Waals surface area contributed by atoms with Crippen LogP contribution in [0.25, 0.3) is 11.4 Å². The van der Waals surface area contributed by atoms with Crippen LogP contribution in [0.5, 0.6) is 5.75 Å². The Balaban J connectivity index is 2.67. The van der Waals surface area contributed by atoms with Gasteiger partial charge in [0.2, 0.25) is 0 Å². The van der Waals surface area contributed by atoms with E-state index in [-0.39, 0.29) is 11.5 Å². The first kappa shape index (κ1) is 15.0. The van der Waals surface area contributed by atoms with Gasteiger partial charge in [0, 0.05) is 0 Å². The Morgan fingerprint density at radius 3 is 2.65 bits per heavy atom. The van der Waals surface area contributed by atoms with Crippen LogP contribution in [0.15, 0.2) is 23.0 Å². The van der Waals surface area contributed by atoms with Gasteiger partial charge in [-0.2, -0.15) is 0 Å². The summed E-state index contributed by atoms with van der Waals surface area (Å²) in [7, 11) is 1.62. The molecule has 0 fully saturated rings. The number of nitrogens with one attached hydrogen (secondary N) is 1. The van der Waals surface area contributed by atoms with Gasteiger partial charge in [-0.15, -0.1) is 0 Å². The van der Waals surface area contributed by atoms with Crippen LogP contribution in [0.2, 0.25) is 0 Å². The second-order valence-electron chi connectivity index (χ2n) is 4.97. The third kappa shape index (κ3) is 2.87. The molecule has 0 unspecified atom stereocenters. The number of rotatable bonds is 3. The van der Waals surface area contributed by atoms with Gasteiger partial charge >= 0.3 is 0 Å². The standard InChI is InChI=1S/C15H17IN2O2/c1-8(2)13-12(16)15(19)18-14(17-13)10-6-5-9(3)7-11(10)20-4/h5-8H,1-4H3,(H,17,18,19). The van der Waals surface area contributed by atoms with Crippen molar-refractivity contribution >= 4 is 22.6 Å². The average Bonchev–Trinajstić information content (AvgIpc) is 2.41. The van der Waals surface area contributed by atoms with Crippen LogP contribution in [0.4, 0.5) is 0 Å². The highest BCUT2D eigenvalue weighted by molar-refractivity contribution is 14.1. The summed E-state index contributed by atoms with van der Waals surface area (Å²) in [6.07, 6.45) is 0. The minimum absolute atomic E-state index is 0.109. The molecule has 4 nitrogen and oxygen atoms in total. The van der Waals surface area contributed by atoms with Crippen LogP contribution in [-0.4, -0.2) is 17.1 Å². The predicted octanol–water partition coefficient (Wildman–Crippen LogP) is 3.48. The molecule has 0 radical (unpaired) electrons. The van der Waals surface area contributed by atoms with Crippen molar-refractivity contribution in [2.45, 2.75) is 26.7 Å². The van der Waals surface area contributed by atoms with Crippen molar-refractivity contribution in [3.8, 4) is 17.1 Å². The SMILES string of the molecule is COc1cc(C)ccc1-c1nc(C(C)C)c(I)c(=O)[nH]1. The summed E-state index contributed by atoms with van der Waals surface area (Å²) < 4.78 is 6.03. The van der Waals surface area contributed by atoms with Gasteiger partial charge in [0.15, 0.2) is 0 Å². The van der Waals surface area contributed by atoms with Gasteiger partial charge < -0.3 is 9.72 Å².